The molecule has 0 bridgehead atoms. The van der Waals surface area contributed by atoms with Crippen molar-refractivity contribution in [2.24, 2.45) is 0 Å². The van der Waals surface area contributed by atoms with E-state index in [1.807, 2.05) is 7.05 Å². The Bertz CT molecular complexity index is 703. The third-order valence-corrected chi connectivity index (χ3v) is 5.30. The molecule has 1 unspecified atom stereocenters. The molecule has 23 heavy (non-hydrogen) atoms. The van der Waals surface area contributed by atoms with Gasteiger partial charge in [-0.3, -0.25) is 9.69 Å². The first-order valence-corrected chi connectivity index (χ1v) is 8.83. The summed E-state index contributed by atoms with van der Waals surface area (Å²) < 4.78 is 6.19. The molecule has 3 rings (SSSR count). The summed E-state index contributed by atoms with van der Waals surface area (Å²) in [6, 6.07) is 1.70. The summed E-state index contributed by atoms with van der Waals surface area (Å²) in [4.78, 5) is 18.8. The largest absolute Gasteiger partial charge is 0.339 e. The number of Topliss-reactive ketones (excluding diaryl/α,β-unsaturated/α-hetero) is 1. The maximum atomic E-state index is 12.2. The molecule has 0 aromatic carbocycles. The first-order valence-electron chi connectivity index (χ1n) is 7.26. The van der Waals surface area contributed by atoms with Gasteiger partial charge in [0.25, 0.3) is 0 Å². The second-order valence-electron chi connectivity index (χ2n) is 5.41. The number of hydrogen-bond donors (Lipinski definition) is 1. The van der Waals surface area contributed by atoms with E-state index in [2.05, 4.69) is 20.4 Å². The van der Waals surface area contributed by atoms with Gasteiger partial charge in [0.05, 0.1) is 10.4 Å². The number of thiophene rings is 1. The summed E-state index contributed by atoms with van der Waals surface area (Å²) in [5, 5.41) is 7.35. The zero-order valence-electron chi connectivity index (χ0n) is 12.5. The Morgan fingerprint density at radius 3 is 3.09 bits per heavy atom. The summed E-state index contributed by atoms with van der Waals surface area (Å²) in [6.45, 7) is 2.68. The number of ketones is 1. The predicted molar refractivity (Wildman–Crippen MR) is 89.5 cm³/mol. The van der Waals surface area contributed by atoms with Crippen LogP contribution in [0.4, 0.5) is 0 Å². The molecule has 3 heterocycles. The van der Waals surface area contributed by atoms with E-state index < -0.39 is 0 Å². The van der Waals surface area contributed by atoms with E-state index in [-0.39, 0.29) is 18.2 Å². The molecular weight excluding hydrogens is 359 g/mol. The summed E-state index contributed by atoms with van der Waals surface area (Å²) in [5.74, 6) is 1.04. The van der Waals surface area contributed by atoms with Crippen molar-refractivity contribution >= 4 is 40.3 Å². The molecule has 1 fully saturated rings. The minimum absolute atomic E-state index is 0.0747. The van der Waals surface area contributed by atoms with Crippen molar-refractivity contribution in [1.29, 1.82) is 0 Å². The Morgan fingerprint density at radius 2 is 2.39 bits per heavy atom. The van der Waals surface area contributed by atoms with Gasteiger partial charge >= 0.3 is 0 Å². The van der Waals surface area contributed by atoms with E-state index in [1.165, 1.54) is 11.3 Å². The van der Waals surface area contributed by atoms with E-state index in [0.717, 1.165) is 19.6 Å². The van der Waals surface area contributed by atoms with Gasteiger partial charge in [0.2, 0.25) is 5.89 Å². The smallest absolute Gasteiger partial charge is 0.227 e. The number of aryl methyl sites for hydroxylation is 1. The van der Waals surface area contributed by atoms with Crippen molar-refractivity contribution < 1.29 is 9.32 Å². The van der Waals surface area contributed by atoms with Gasteiger partial charge in [0.15, 0.2) is 11.6 Å². The summed E-state index contributed by atoms with van der Waals surface area (Å²) in [6.07, 6.45) is 0.645. The molecular formula is C14H16Cl2N4O2S. The van der Waals surface area contributed by atoms with Gasteiger partial charge < -0.3 is 9.84 Å². The average molecular weight is 375 g/mol. The number of piperazine rings is 1. The molecule has 1 atom stereocenters. The first-order chi connectivity index (χ1) is 11.0. The number of rotatable bonds is 5. The van der Waals surface area contributed by atoms with Crippen molar-refractivity contribution in [3.8, 4) is 0 Å². The van der Waals surface area contributed by atoms with Crippen LogP contribution in [0.5, 0.6) is 0 Å². The number of nitrogens with one attached hydrogen (secondary N) is 1. The topological polar surface area (TPSA) is 71.3 Å². The molecule has 1 aliphatic rings. The number of likely N-dealkylation sites (N-methyl/N-ethyl adjacent to an activating group) is 1. The lowest BCUT2D eigenvalue weighted by atomic mass is 10.1. The number of aromatic nitrogens is 2. The van der Waals surface area contributed by atoms with Gasteiger partial charge in [-0.25, -0.2) is 0 Å². The highest BCUT2D eigenvalue weighted by molar-refractivity contribution is 7.20. The quantitative estimate of drug-likeness (QED) is 0.811. The lowest BCUT2D eigenvalue weighted by molar-refractivity contribution is 0.0980. The van der Waals surface area contributed by atoms with Crippen molar-refractivity contribution in [1.82, 2.24) is 20.4 Å². The van der Waals surface area contributed by atoms with Crippen LogP contribution in [0.15, 0.2) is 10.6 Å². The van der Waals surface area contributed by atoms with Crippen LogP contribution in [0.1, 0.15) is 34.5 Å². The van der Waals surface area contributed by atoms with Crippen molar-refractivity contribution in [3.05, 3.63) is 32.0 Å². The Labute approximate surface area is 147 Å². The van der Waals surface area contributed by atoms with E-state index in [1.54, 1.807) is 6.07 Å². The fraction of sp³-hybridized carbons (Fsp3) is 0.500. The maximum Gasteiger partial charge on any atom is 0.227 e. The molecule has 1 N–H and O–H groups in total. The van der Waals surface area contributed by atoms with Crippen molar-refractivity contribution in [2.45, 2.75) is 18.9 Å². The van der Waals surface area contributed by atoms with Gasteiger partial charge in [0, 0.05) is 38.0 Å². The molecule has 0 spiro atoms. The monoisotopic (exact) mass is 374 g/mol. The summed E-state index contributed by atoms with van der Waals surface area (Å²) in [7, 11) is 2.04. The average Bonchev–Trinajstić information content (AvgIpc) is 3.12. The van der Waals surface area contributed by atoms with E-state index in [4.69, 9.17) is 27.7 Å². The standard InChI is InChI=1S/C14H16Cl2N4O2S/c1-20-5-4-17-7-9(20)14-18-12(22-19-14)3-2-10(21)8-6-11(15)23-13(8)16/h6,9,17H,2-5,7H2,1H3. The Balaban J connectivity index is 1.61. The van der Waals surface area contributed by atoms with Crippen LogP contribution < -0.4 is 5.32 Å². The van der Waals surface area contributed by atoms with Crippen LogP contribution in [0.25, 0.3) is 0 Å². The second kappa shape index (κ2) is 7.27. The number of carbonyl (C=O) groups is 1. The van der Waals surface area contributed by atoms with Gasteiger partial charge in [-0.1, -0.05) is 28.4 Å². The predicted octanol–water partition coefficient (Wildman–Crippen LogP) is 2.83. The minimum atomic E-state index is -0.0747. The molecule has 0 radical (unpaired) electrons. The molecule has 0 saturated carbocycles. The molecule has 9 heteroatoms. The minimum Gasteiger partial charge on any atom is -0.339 e. The zero-order chi connectivity index (χ0) is 16.4. The SMILES string of the molecule is CN1CCNCC1c1noc(CCC(=O)c2cc(Cl)sc2Cl)n1. The van der Waals surface area contributed by atoms with Gasteiger partial charge in [0.1, 0.15) is 4.34 Å². The van der Waals surface area contributed by atoms with Gasteiger partial charge in [-0.2, -0.15) is 4.98 Å². The molecule has 0 amide bonds. The zero-order valence-corrected chi connectivity index (χ0v) is 14.8. The molecule has 6 nitrogen and oxygen atoms in total. The summed E-state index contributed by atoms with van der Waals surface area (Å²) in [5.41, 5.74) is 0.456. The van der Waals surface area contributed by atoms with Gasteiger partial charge in [-0.15, -0.1) is 11.3 Å². The Morgan fingerprint density at radius 1 is 1.57 bits per heavy atom. The Hall–Kier alpha value is -0.990. The van der Waals surface area contributed by atoms with Crippen LogP contribution >= 0.6 is 34.5 Å². The fourth-order valence-corrected chi connectivity index (χ4v) is 3.98. The van der Waals surface area contributed by atoms with Crippen LogP contribution in [-0.4, -0.2) is 47.5 Å². The molecule has 124 valence electrons. The van der Waals surface area contributed by atoms with Crippen LogP contribution in [-0.2, 0) is 6.42 Å². The molecule has 1 aliphatic heterocycles. The van der Waals surface area contributed by atoms with Crippen molar-refractivity contribution in [3.63, 3.8) is 0 Å². The van der Waals surface area contributed by atoms with E-state index >= 15 is 0 Å². The highest BCUT2D eigenvalue weighted by atomic mass is 35.5. The number of halogens is 2. The maximum absolute atomic E-state index is 12.2. The number of carbonyl (C=O) groups excluding carboxylic acids is 1. The molecule has 2 aromatic heterocycles. The van der Waals surface area contributed by atoms with Crippen molar-refractivity contribution in [2.75, 3.05) is 26.7 Å². The normalized spacial score (nSPS) is 19.2. The van der Waals surface area contributed by atoms with E-state index in [9.17, 15) is 4.79 Å². The Kier molecular flexibility index (Phi) is 5.33. The lowest BCUT2D eigenvalue weighted by Crippen LogP contribution is -2.44. The molecule has 1 saturated heterocycles. The summed E-state index contributed by atoms with van der Waals surface area (Å²) >= 11 is 13.0. The van der Waals surface area contributed by atoms with Gasteiger partial charge in [-0.05, 0) is 13.1 Å². The second-order valence-corrected chi connectivity index (χ2v) is 7.69. The third kappa shape index (κ3) is 3.92. The van der Waals surface area contributed by atoms with Crippen LogP contribution in [0, 0.1) is 0 Å². The number of hydrogen-bond acceptors (Lipinski definition) is 7. The first kappa shape index (κ1) is 16.9. The molecule has 2 aromatic rings. The lowest BCUT2D eigenvalue weighted by Gasteiger charge is -2.30. The highest BCUT2D eigenvalue weighted by Crippen LogP contribution is 2.32. The fourth-order valence-electron chi connectivity index (χ4n) is 2.48. The van der Waals surface area contributed by atoms with E-state index in [0.29, 0.717) is 32.4 Å². The molecule has 0 aliphatic carbocycles. The van der Waals surface area contributed by atoms with Crippen LogP contribution in [0.3, 0.4) is 0 Å². The highest BCUT2D eigenvalue weighted by Gasteiger charge is 2.25. The number of nitrogens with zero attached hydrogens (tertiary/aromatic N) is 3. The van der Waals surface area contributed by atoms with Crippen LogP contribution in [0.2, 0.25) is 8.67 Å². The third-order valence-electron chi connectivity index (χ3n) is 3.82.